The molecule has 0 N–H and O–H groups in total. The van der Waals surface area contributed by atoms with E-state index in [4.69, 9.17) is 14.2 Å². The van der Waals surface area contributed by atoms with E-state index in [0.717, 1.165) is 96.3 Å². The number of ether oxygens (including phenoxy) is 3. The molecule has 0 aliphatic rings. The molecule has 0 fully saturated rings. The number of unbranched alkanes of at least 4 members (excludes halogenated alkanes) is 40. The normalized spacial score (nSPS) is 12.5. The SMILES string of the molecule is CC/C=C\C/C=C\C/C=C\C/C=C\CCCCCCCCCCC(=O)OCC(COC(=O)CCCCCCCCCCC/C=C\C/C=C\CCCCC)OC(=O)CCCCCCCCCCCCCCCCCCCCCCC. The number of allylic oxidation sites excluding steroid dienone is 12. The Bertz CT molecular complexity index is 1450. The fourth-order valence-corrected chi connectivity index (χ4v) is 10.1. The molecule has 0 aromatic rings. The van der Waals surface area contributed by atoms with Gasteiger partial charge < -0.3 is 14.2 Å². The summed E-state index contributed by atoms with van der Waals surface area (Å²) in [5.74, 6) is -0.866. The fourth-order valence-electron chi connectivity index (χ4n) is 10.1. The Kier molecular flexibility index (Phi) is 64.7. The van der Waals surface area contributed by atoms with Crippen LogP contribution >= 0.6 is 0 Å². The Balaban J connectivity index is 4.36. The second-order valence-corrected chi connectivity index (χ2v) is 23.1. The molecule has 0 bridgehead atoms. The van der Waals surface area contributed by atoms with Crippen LogP contribution in [-0.4, -0.2) is 37.2 Å². The quantitative estimate of drug-likeness (QED) is 0.0261. The van der Waals surface area contributed by atoms with Crippen LogP contribution < -0.4 is 0 Å². The Morgan fingerprint density at radius 3 is 0.797 bits per heavy atom. The molecule has 0 aromatic carbocycles. The highest BCUT2D eigenvalue weighted by molar-refractivity contribution is 5.71. The molecule has 0 rings (SSSR count). The molecule has 6 heteroatoms. The lowest BCUT2D eigenvalue weighted by Gasteiger charge is -2.18. The Hall–Kier alpha value is -3.15. The van der Waals surface area contributed by atoms with Gasteiger partial charge in [0.15, 0.2) is 6.10 Å². The first-order chi connectivity index (χ1) is 39.0. The van der Waals surface area contributed by atoms with Crippen molar-refractivity contribution in [1.29, 1.82) is 0 Å². The number of rotatable bonds is 63. The Morgan fingerprint density at radius 1 is 0.266 bits per heavy atom. The highest BCUT2D eigenvalue weighted by Gasteiger charge is 2.19. The van der Waals surface area contributed by atoms with E-state index in [-0.39, 0.29) is 31.1 Å². The molecule has 0 saturated heterocycles. The third-order valence-corrected chi connectivity index (χ3v) is 15.2. The summed E-state index contributed by atoms with van der Waals surface area (Å²) in [5.41, 5.74) is 0. The van der Waals surface area contributed by atoms with Crippen molar-refractivity contribution in [3.8, 4) is 0 Å². The lowest BCUT2D eigenvalue weighted by Crippen LogP contribution is -2.30. The molecule has 0 saturated carbocycles. The minimum atomic E-state index is -0.781. The van der Waals surface area contributed by atoms with E-state index in [1.54, 1.807) is 0 Å². The summed E-state index contributed by atoms with van der Waals surface area (Å²) < 4.78 is 17.0. The van der Waals surface area contributed by atoms with E-state index in [1.165, 1.54) is 218 Å². The van der Waals surface area contributed by atoms with Crippen molar-refractivity contribution in [2.75, 3.05) is 13.2 Å². The van der Waals surface area contributed by atoms with Crippen molar-refractivity contribution < 1.29 is 28.6 Å². The lowest BCUT2D eigenvalue weighted by atomic mass is 10.0. The van der Waals surface area contributed by atoms with Crippen LogP contribution in [0.3, 0.4) is 0 Å². The summed E-state index contributed by atoms with van der Waals surface area (Å²) in [5, 5.41) is 0. The minimum absolute atomic E-state index is 0.0768. The fraction of sp³-hybridized carbons (Fsp3) is 0.795. The van der Waals surface area contributed by atoms with Crippen LogP contribution in [-0.2, 0) is 28.6 Å². The van der Waals surface area contributed by atoms with Gasteiger partial charge in [-0.15, -0.1) is 0 Å². The summed E-state index contributed by atoms with van der Waals surface area (Å²) in [6, 6.07) is 0. The average Bonchev–Trinajstić information content (AvgIpc) is 3.45. The van der Waals surface area contributed by atoms with Gasteiger partial charge in [0.2, 0.25) is 0 Å². The van der Waals surface area contributed by atoms with Gasteiger partial charge >= 0.3 is 17.9 Å². The zero-order chi connectivity index (χ0) is 57.1. The summed E-state index contributed by atoms with van der Waals surface area (Å²) in [7, 11) is 0. The maximum atomic E-state index is 13.0. The van der Waals surface area contributed by atoms with Gasteiger partial charge in [0, 0.05) is 19.3 Å². The molecule has 0 amide bonds. The zero-order valence-corrected chi connectivity index (χ0v) is 52.6. The van der Waals surface area contributed by atoms with Gasteiger partial charge in [-0.2, -0.15) is 0 Å². The molecule has 0 aliphatic carbocycles. The molecule has 0 aliphatic heterocycles. The van der Waals surface area contributed by atoms with Crippen LogP contribution in [0.15, 0.2) is 72.9 Å². The maximum absolute atomic E-state index is 13.0. The van der Waals surface area contributed by atoms with Crippen LogP contribution in [0.2, 0.25) is 0 Å². The predicted octanol–water partition coefficient (Wildman–Crippen LogP) is 23.7. The van der Waals surface area contributed by atoms with Gasteiger partial charge in [-0.05, 0) is 89.9 Å². The lowest BCUT2D eigenvalue weighted by molar-refractivity contribution is -0.167. The summed E-state index contributed by atoms with van der Waals surface area (Å²) >= 11 is 0. The van der Waals surface area contributed by atoms with Crippen LogP contribution in [0.1, 0.15) is 355 Å². The molecule has 0 heterocycles. The molecule has 0 spiro atoms. The number of esters is 3. The largest absolute Gasteiger partial charge is 0.462 e. The first kappa shape index (κ1) is 75.8. The summed E-state index contributed by atoms with van der Waals surface area (Å²) in [4.78, 5) is 38.5. The second kappa shape index (κ2) is 67.4. The van der Waals surface area contributed by atoms with Crippen molar-refractivity contribution in [2.45, 2.75) is 361 Å². The first-order valence-corrected chi connectivity index (χ1v) is 34.4. The third-order valence-electron chi connectivity index (χ3n) is 15.2. The van der Waals surface area contributed by atoms with Crippen LogP contribution in [0, 0.1) is 0 Å². The molecular weight excluding hydrogens is 973 g/mol. The van der Waals surface area contributed by atoms with Gasteiger partial charge in [0.05, 0.1) is 0 Å². The van der Waals surface area contributed by atoms with Crippen molar-refractivity contribution in [3.05, 3.63) is 72.9 Å². The Morgan fingerprint density at radius 2 is 0.494 bits per heavy atom. The van der Waals surface area contributed by atoms with Crippen molar-refractivity contribution in [3.63, 3.8) is 0 Å². The highest BCUT2D eigenvalue weighted by Crippen LogP contribution is 2.18. The van der Waals surface area contributed by atoms with E-state index < -0.39 is 6.10 Å². The van der Waals surface area contributed by atoms with Crippen molar-refractivity contribution >= 4 is 17.9 Å². The molecule has 1 unspecified atom stereocenters. The number of hydrogen-bond donors (Lipinski definition) is 0. The molecule has 79 heavy (non-hydrogen) atoms. The van der Waals surface area contributed by atoms with Gasteiger partial charge in [-0.3, -0.25) is 14.4 Å². The monoisotopic (exact) mass is 1100 g/mol. The molecule has 458 valence electrons. The molecule has 0 radical (unpaired) electrons. The zero-order valence-electron chi connectivity index (χ0n) is 52.6. The standard InChI is InChI=1S/C73H130O6/c1-4-7-10-13-16-19-22-25-28-31-34-36-39-42-45-48-51-54-57-60-63-66-72(75)78-69-70(68-77-71(74)65-62-59-56-53-50-47-44-41-38-33-30-27-24-21-18-15-12-9-6-3)79-73(76)67-64-61-58-55-52-49-46-43-40-37-35-32-29-26-23-20-17-14-11-8-5-2/h7,10,16,18-19,21,25,27-28,30,34,36,70H,4-6,8-9,11-15,17,20,22-24,26,29,31-33,35,37-69H2,1-3H3/b10-7-,19-16-,21-18-,28-25-,30-27-,36-34-. The number of carbonyl (C=O) groups excluding carboxylic acids is 3. The van der Waals surface area contributed by atoms with Gasteiger partial charge in [-0.1, -0.05) is 318 Å². The summed E-state index contributed by atoms with van der Waals surface area (Å²) in [6.45, 7) is 6.55. The van der Waals surface area contributed by atoms with Crippen molar-refractivity contribution in [2.24, 2.45) is 0 Å². The predicted molar refractivity (Wildman–Crippen MR) is 344 cm³/mol. The third kappa shape index (κ3) is 65.5. The second-order valence-electron chi connectivity index (χ2n) is 23.1. The number of carbonyl (C=O) groups is 3. The topological polar surface area (TPSA) is 78.9 Å². The molecule has 6 nitrogen and oxygen atoms in total. The van der Waals surface area contributed by atoms with E-state index >= 15 is 0 Å². The number of hydrogen-bond acceptors (Lipinski definition) is 6. The maximum Gasteiger partial charge on any atom is 0.306 e. The van der Waals surface area contributed by atoms with E-state index in [0.29, 0.717) is 19.3 Å². The van der Waals surface area contributed by atoms with Gasteiger partial charge in [0.1, 0.15) is 13.2 Å². The summed E-state index contributed by atoms with van der Waals surface area (Å²) in [6.07, 6.45) is 87.7. The van der Waals surface area contributed by atoms with Crippen molar-refractivity contribution in [1.82, 2.24) is 0 Å². The van der Waals surface area contributed by atoms with Crippen LogP contribution in [0.5, 0.6) is 0 Å². The van der Waals surface area contributed by atoms with Gasteiger partial charge in [-0.25, -0.2) is 0 Å². The molecule has 0 aromatic heterocycles. The molecular formula is C73H130O6. The van der Waals surface area contributed by atoms with Crippen LogP contribution in [0.4, 0.5) is 0 Å². The highest BCUT2D eigenvalue weighted by atomic mass is 16.6. The van der Waals surface area contributed by atoms with Gasteiger partial charge in [0.25, 0.3) is 0 Å². The van der Waals surface area contributed by atoms with Crippen LogP contribution in [0.25, 0.3) is 0 Å². The Labute approximate surface area is 491 Å². The smallest absolute Gasteiger partial charge is 0.306 e. The minimum Gasteiger partial charge on any atom is -0.462 e. The van der Waals surface area contributed by atoms with E-state index in [9.17, 15) is 14.4 Å². The van der Waals surface area contributed by atoms with E-state index in [1.807, 2.05) is 0 Å². The van der Waals surface area contributed by atoms with E-state index in [2.05, 4.69) is 93.7 Å². The first-order valence-electron chi connectivity index (χ1n) is 34.4. The molecule has 1 atom stereocenters. The average molecular weight is 1100 g/mol.